The van der Waals surface area contributed by atoms with E-state index in [4.69, 9.17) is 16.3 Å². The van der Waals surface area contributed by atoms with Gasteiger partial charge in [-0.3, -0.25) is 4.79 Å². The minimum absolute atomic E-state index is 0.0736. The Morgan fingerprint density at radius 1 is 1.20 bits per heavy atom. The maximum atomic E-state index is 12.4. The number of ketones is 1. The highest BCUT2D eigenvalue weighted by atomic mass is 127. The second kappa shape index (κ2) is 7.09. The number of halogens is 2. The normalized spacial score (nSPS) is 10.3. The predicted octanol–water partition coefficient (Wildman–Crippen LogP) is 4.96. The van der Waals surface area contributed by atoms with E-state index < -0.39 is 0 Å². The molecule has 2 rings (SSSR count). The van der Waals surface area contributed by atoms with Gasteiger partial charge in [-0.15, -0.1) is 0 Å². The maximum absolute atomic E-state index is 12.4. The Morgan fingerprint density at radius 2 is 1.90 bits per heavy atom. The van der Waals surface area contributed by atoms with Gasteiger partial charge in [0.15, 0.2) is 5.78 Å². The summed E-state index contributed by atoms with van der Waals surface area (Å²) in [5.41, 5.74) is 1.14. The van der Waals surface area contributed by atoms with Gasteiger partial charge in [-0.2, -0.15) is 0 Å². The smallest absolute Gasteiger partial charge is 0.194 e. The van der Waals surface area contributed by atoms with E-state index in [0.29, 0.717) is 22.8 Å². The van der Waals surface area contributed by atoms with Crippen molar-refractivity contribution >= 4 is 40.0 Å². The number of hydrogen-bond donors (Lipinski definition) is 0. The summed E-state index contributed by atoms with van der Waals surface area (Å²) in [6, 6.07) is 12.6. The van der Waals surface area contributed by atoms with Crippen molar-refractivity contribution in [2.45, 2.75) is 13.3 Å². The third-order valence-electron chi connectivity index (χ3n) is 2.76. The van der Waals surface area contributed by atoms with Gasteiger partial charge in [-0.05, 0) is 71.5 Å². The van der Waals surface area contributed by atoms with Crippen LogP contribution in [0.1, 0.15) is 29.3 Å². The average molecular weight is 401 g/mol. The molecule has 0 saturated heterocycles. The Kier molecular flexibility index (Phi) is 5.43. The van der Waals surface area contributed by atoms with Crippen molar-refractivity contribution in [2.75, 3.05) is 6.61 Å². The van der Waals surface area contributed by atoms with Crippen molar-refractivity contribution in [1.82, 2.24) is 0 Å². The van der Waals surface area contributed by atoms with Gasteiger partial charge in [0.05, 0.1) is 11.6 Å². The minimum atomic E-state index is -0.0736. The zero-order valence-corrected chi connectivity index (χ0v) is 13.9. The highest BCUT2D eigenvalue weighted by molar-refractivity contribution is 14.1. The van der Waals surface area contributed by atoms with Crippen LogP contribution in [0.4, 0.5) is 0 Å². The lowest BCUT2D eigenvalue weighted by atomic mass is 10.0. The molecule has 0 saturated carbocycles. The van der Waals surface area contributed by atoms with Crippen LogP contribution in [-0.4, -0.2) is 12.4 Å². The molecule has 0 spiro atoms. The Hall–Kier alpha value is -1.07. The second-order valence-corrected chi connectivity index (χ2v) is 5.98. The van der Waals surface area contributed by atoms with Gasteiger partial charge in [0, 0.05) is 14.7 Å². The number of ether oxygens (including phenoxy) is 1. The van der Waals surface area contributed by atoms with Crippen LogP contribution in [0.5, 0.6) is 5.75 Å². The summed E-state index contributed by atoms with van der Waals surface area (Å²) < 4.78 is 6.48. The third-order valence-corrected chi connectivity index (χ3v) is 3.76. The molecule has 0 fully saturated rings. The van der Waals surface area contributed by atoms with Crippen molar-refractivity contribution in [3.63, 3.8) is 0 Å². The van der Waals surface area contributed by atoms with Gasteiger partial charge >= 0.3 is 0 Å². The number of carbonyl (C=O) groups is 1. The average Bonchev–Trinajstić information content (AvgIpc) is 2.47. The molecule has 2 aromatic carbocycles. The molecule has 0 N–H and O–H groups in total. The van der Waals surface area contributed by atoms with Gasteiger partial charge < -0.3 is 4.74 Å². The highest BCUT2D eigenvalue weighted by Gasteiger charge is 2.13. The van der Waals surface area contributed by atoms with E-state index in [2.05, 4.69) is 29.5 Å². The monoisotopic (exact) mass is 400 g/mol. The lowest BCUT2D eigenvalue weighted by molar-refractivity contribution is 0.103. The standard InChI is InChI=1S/C16H14ClIO2/c1-2-9-20-13-6-3-11(4-7-13)16(19)14-10-12(18)5-8-15(14)17/h3-8,10H,2,9H2,1H3. The van der Waals surface area contributed by atoms with Crippen LogP contribution in [0.15, 0.2) is 42.5 Å². The first-order chi connectivity index (χ1) is 9.61. The van der Waals surface area contributed by atoms with E-state index in [1.54, 1.807) is 24.3 Å². The molecular weight excluding hydrogens is 387 g/mol. The largest absolute Gasteiger partial charge is 0.494 e. The topological polar surface area (TPSA) is 26.3 Å². The van der Waals surface area contributed by atoms with Crippen LogP contribution >= 0.6 is 34.2 Å². The molecular formula is C16H14ClIO2. The Bertz CT molecular complexity index is 608. The first-order valence-electron chi connectivity index (χ1n) is 6.34. The first kappa shape index (κ1) is 15.3. The summed E-state index contributed by atoms with van der Waals surface area (Å²) in [7, 11) is 0. The molecule has 0 atom stereocenters. The highest BCUT2D eigenvalue weighted by Crippen LogP contribution is 2.23. The van der Waals surface area contributed by atoms with Crippen LogP contribution in [-0.2, 0) is 0 Å². The summed E-state index contributed by atoms with van der Waals surface area (Å²) in [6.07, 6.45) is 0.957. The fraction of sp³-hybridized carbons (Fsp3) is 0.188. The van der Waals surface area contributed by atoms with Crippen molar-refractivity contribution < 1.29 is 9.53 Å². The summed E-state index contributed by atoms with van der Waals surface area (Å²) >= 11 is 8.26. The number of hydrogen-bond acceptors (Lipinski definition) is 2. The van der Waals surface area contributed by atoms with E-state index in [0.717, 1.165) is 15.7 Å². The van der Waals surface area contributed by atoms with Crippen LogP contribution < -0.4 is 4.74 Å². The van der Waals surface area contributed by atoms with E-state index in [9.17, 15) is 4.79 Å². The molecule has 0 aliphatic carbocycles. The summed E-state index contributed by atoms with van der Waals surface area (Å²) in [5, 5.41) is 0.474. The molecule has 2 aromatic rings. The third kappa shape index (κ3) is 3.73. The number of benzene rings is 2. The molecule has 0 unspecified atom stereocenters. The van der Waals surface area contributed by atoms with Gasteiger partial charge in [0.2, 0.25) is 0 Å². The molecule has 2 nitrogen and oxygen atoms in total. The quantitative estimate of drug-likeness (QED) is 0.523. The van der Waals surface area contributed by atoms with E-state index >= 15 is 0 Å². The summed E-state index contributed by atoms with van der Waals surface area (Å²) in [4.78, 5) is 12.4. The van der Waals surface area contributed by atoms with Gasteiger partial charge in [-0.1, -0.05) is 18.5 Å². The van der Waals surface area contributed by atoms with Crippen LogP contribution in [0.25, 0.3) is 0 Å². The molecule has 0 aromatic heterocycles. The van der Waals surface area contributed by atoms with Crippen molar-refractivity contribution in [3.8, 4) is 5.75 Å². The summed E-state index contributed by atoms with van der Waals surface area (Å²) in [6.45, 7) is 2.73. The van der Waals surface area contributed by atoms with E-state index in [1.165, 1.54) is 0 Å². The molecule has 0 heterocycles. The first-order valence-corrected chi connectivity index (χ1v) is 7.80. The van der Waals surface area contributed by atoms with Crippen molar-refractivity contribution in [3.05, 3.63) is 62.2 Å². The zero-order valence-electron chi connectivity index (χ0n) is 11.0. The second-order valence-electron chi connectivity index (χ2n) is 4.33. The van der Waals surface area contributed by atoms with Crippen molar-refractivity contribution in [2.24, 2.45) is 0 Å². The van der Waals surface area contributed by atoms with Crippen molar-refractivity contribution in [1.29, 1.82) is 0 Å². The van der Waals surface area contributed by atoms with E-state index in [1.807, 2.05) is 18.2 Å². The fourth-order valence-electron chi connectivity index (χ4n) is 1.75. The zero-order chi connectivity index (χ0) is 14.5. The van der Waals surface area contributed by atoms with Crippen LogP contribution in [0.3, 0.4) is 0 Å². The SMILES string of the molecule is CCCOc1ccc(C(=O)c2cc(I)ccc2Cl)cc1. The molecule has 104 valence electrons. The molecule has 4 heteroatoms. The van der Waals surface area contributed by atoms with Gasteiger partial charge in [0.25, 0.3) is 0 Å². The lowest BCUT2D eigenvalue weighted by Gasteiger charge is -2.07. The van der Waals surface area contributed by atoms with Gasteiger partial charge in [0.1, 0.15) is 5.75 Å². The summed E-state index contributed by atoms with van der Waals surface area (Å²) in [5.74, 6) is 0.702. The van der Waals surface area contributed by atoms with Crippen LogP contribution in [0.2, 0.25) is 5.02 Å². The maximum Gasteiger partial charge on any atom is 0.194 e. The minimum Gasteiger partial charge on any atom is -0.494 e. The van der Waals surface area contributed by atoms with Crippen LogP contribution in [0, 0.1) is 3.57 Å². The van der Waals surface area contributed by atoms with Gasteiger partial charge in [-0.25, -0.2) is 0 Å². The molecule has 0 aliphatic heterocycles. The Labute approximate surface area is 137 Å². The fourth-order valence-corrected chi connectivity index (χ4v) is 2.44. The predicted molar refractivity (Wildman–Crippen MR) is 89.8 cm³/mol. The number of carbonyl (C=O) groups excluding carboxylic acids is 1. The number of rotatable bonds is 5. The van der Waals surface area contributed by atoms with E-state index in [-0.39, 0.29) is 5.78 Å². The molecule has 0 radical (unpaired) electrons. The molecule has 20 heavy (non-hydrogen) atoms. The Morgan fingerprint density at radius 3 is 2.55 bits per heavy atom. The molecule has 0 aliphatic rings. The molecule has 0 bridgehead atoms. The molecule has 0 amide bonds. The Balaban J connectivity index is 2.22. The lowest BCUT2D eigenvalue weighted by Crippen LogP contribution is -2.03.